The van der Waals surface area contributed by atoms with Gasteiger partial charge in [-0.2, -0.15) is 0 Å². The van der Waals surface area contributed by atoms with E-state index in [1.165, 1.54) is 34.8 Å². The quantitative estimate of drug-likeness (QED) is 0.717. The van der Waals surface area contributed by atoms with Crippen molar-refractivity contribution in [3.8, 4) is 0 Å². The Morgan fingerprint density at radius 3 is 2.38 bits per heavy atom. The van der Waals surface area contributed by atoms with Gasteiger partial charge >= 0.3 is 0 Å². The minimum Gasteiger partial charge on any atom is -0.321 e. The summed E-state index contributed by atoms with van der Waals surface area (Å²) >= 11 is 1.39. The van der Waals surface area contributed by atoms with Gasteiger partial charge in [0.2, 0.25) is 0 Å². The second-order valence-corrected chi connectivity index (χ2v) is 8.96. The zero-order valence-electron chi connectivity index (χ0n) is 14.3. The predicted molar refractivity (Wildman–Crippen MR) is 105 cm³/mol. The van der Waals surface area contributed by atoms with Crippen molar-refractivity contribution in [2.24, 2.45) is 0 Å². The molecule has 0 aliphatic carbocycles. The molecule has 5 nitrogen and oxygen atoms in total. The highest BCUT2D eigenvalue weighted by molar-refractivity contribution is 7.92. The SMILES string of the molecule is Cc1ccc(C(=O)Nc2cccc(S(=O)(=O)N(C)c3ccccc3)c2)s1. The molecular formula is C19H18N2O3S2. The maximum atomic E-state index is 12.9. The summed E-state index contributed by atoms with van der Waals surface area (Å²) in [6.07, 6.45) is 0. The van der Waals surface area contributed by atoms with E-state index < -0.39 is 10.0 Å². The summed E-state index contributed by atoms with van der Waals surface area (Å²) < 4.78 is 26.9. The van der Waals surface area contributed by atoms with Crippen LogP contribution in [0.4, 0.5) is 11.4 Å². The van der Waals surface area contributed by atoms with Crippen LogP contribution in [0, 0.1) is 6.92 Å². The molecule has 0 saturated heterocycles. The van der Waals surface area contributed by atoms with Crippen LogP contribution in [-0.4, -0.2) is 21.4 Å². The lowest BCUT2D eigenvalue weighted by Crippen LogP contribution is -2.26. The molecule has 0 saturated carbocycles. The van der Waals surface area contributed by atoms with Crippen LogP contribution in [0.15, 0.2) is 71.6 Å². The second kappa shape index (κ2) is 7.31. The number of nitrogens with one attached hydrogen (secondary N) is 1. The van der Waals surface area contributed by atoms with Crippen LogP contribution < -0.4 is 9.62 Å². The van der Waals surface area contributed by atoms with Gasteiger partial charge in [-0.1, -0.05) is 24.3 Å². The Labute approximate surface area is 157 Å². The van der Waals surface area contributed by atoms with Crippen molar-refractivity contribution in [3.63, 3.8) is 0 Å². The molecule has 3 rings (SSSR count). The predicted octanol–water partition coefficient (Wildman–Crippen LogP) is 4.13. The first-order valence-electron chi connectivity index (χ1n) is 7.90. The molecule has 0 bridgehead atoms. The topological polar surface area (TPSA) is 66.5 Å². The van der Waals surface area contributed by atoms with E-state index in [1.54, 1.807) is 42.5 Å². The average Bonchev–Trinajstić information content (AvgIpc) is 3.08. The average molecular weight is 386 g/mol. The molecule has 1 aromatic heterocycles. The number of aryl methyl sites for hydroxylation is 1. The van der Waals surface area contributed by atoms with Crippen LogP contribution in [0.3, 0.4) is 0 Å². The number of nitrogens with zero attached hydrogens (tertiary/aromatic N) is 1. The van der Waals surface area contributed by atoms with Crippen LogP contribution in [0.1, 0.15) is 14.5 Å². The first-order valence-corrected chi connectivity index (χ1v) is 10.2. The fourth-order valence-corrected chi connectivity index (χ4v) is 4.42. The molecule has 0 aliphatic rings. The van der Waals surface area contributed by atoms with Gasteiger partial charge < -0.3 is 5.32 Å². The van der Waals surface area contributed by atoms with Crippen LogP contribution in [0.5, 0.6) is 0 Å². The van der Waals surface area contributed by atoms with Gasteiger partial charge in [-0.25, -0.2) is 8.42 Å². The number of sulfonamides is 1. The molecule has 3 aromatic rings. The Morgan fingerprint density at radius 1 is 1.00 bits per heavy atom. The number of anilines is 2. The van der Waals surface area contributed by atoms with E-state index in [9.17, 15) is 13.2 Å². The van der Waals surface area contributed by atoms with Crippen molar-refractivity contribution in [3.05, 3.63) is 76.5 Å². The van der Waals surface area contributed by atoms with Crippen molar-refractivity contribution in [1.82, 2.24) is 0 Å². The number of benzene rings is 2. The standard InChI is InChI=1S/C19H18N2O3S2/c1-14-11-12-18(25-14)19(22)20-15-7-6-10-17(13-15)26(23,24)21(2)16-8-4-3-5-9-16/h3-13H,1-2H3,(H,20,22). The Balaban J connectivity index is 1.85. The third kappa shape index (κ3) is 3.79. The normalized spacial score (nSPS) is 11.2. The van der Waals surface area contributed by atoms with Crippen LogP contribution in [0.25, 0.3) is 0 Å². The molecule has 1 N–H and O–H groups in total. The van der Waals surface area contributed by atoms with Crippen LogP contribution >= 0.6 is 11.3 Å². The smallest absolute Gasteiger partial charge is 0.265 e. The zero-order valence-corrected chi connectivity index (χ0v) is 16.0. The molecule has 134 valence electrons. The molecule has 1 amide bonds. The van der Waals surface area contributed by atoms with Gasteiger partial charge in [-0.3, -0.25) is 9.10 Å². The van der Waals surface area contributed by atoms with E-state index in [0.29, 0.717) is 16.3 Å². The number of carbonyl (C=O) groups excluding carboxylic acids is 1. The molecule has 0 spiro atoms. The first kappa shape index (κ1) is 18.2. The van der Waals surface area contributed by atoms with E-state index in [-0.39, 0.29) is 10.8 Å². The van der Waals surface area contributed by atoms with Gasteiger partial charge in [0.25, 0.3) is 15.9 Å². The number of carbonyl (C=O) groups is 1. The first-order chi connectivity index (χ1) is 12.4. The second-order valence-electron chi connectivity index (χ2n) is 5.70. The van der Waals surface area contributed by atoms with Gasteiger partial charge in [0.1, 0.15) is 0 Å². The summed E-state index contributed by atoms with van der Waals surface area (Å²) in [4.78, 5) is 14.0. The van der Waals surface area contributed by atoms with Gasteiger partial charge in [0.05, 0.1) is 15.5 Å². The number of para-hydroxylation sites is 1. The highest BCUT2D eigenvalue weighted by Gasteiger charge is 2.21. The molecule has 26 heavy (non-hydrogen) atoms. The summed E-state index contributed by atoms with van der Waals surface area (Å²) in [7, 11) is -2.22. The molecule has 0 fully saturated rings. The fraction of sp³-hybridized carbons (Fsp3) is 0.105. The number of thiophene rings is 1. The molecule has 0 atom stereocenters. The van der Waals surface area contributed by atoms with Crippen LogP contribution in [-0.2, 0) is 10.0 Å². The summed E-state index contributed by atoms with van der Waals surface area (Å²) in [5, 5.41) is 2.75. The minimum atomic E-state index is -3.73. The summed E-state index contributed by atoms with van der Waals surface area (Å²) in [5.41, 5.74) is 1.000. The fourth-order valence-electron chi connectivity index (χ4n) is 2.42. The third-order valence-corrected chi connectivity index (χ3v) is 6.62. The van der Waals surface area contributed by atoms with Gasteiger partial charge in [0, 0.05) is 17.6 Å². The monoisotopic (exact) mass is 386 g/mol. The van der Waals surface area contributed by atoms with Gasteiger partial charge in [-0.05, 0) is 49.4 Å². The van der Waals surface area contributed by atoms with Crippen molar-refractivity contribution in [2.45, 2.75) is 11.8 Å². The third-order valence-electron chi connectivity index (χ3n) is 3.83. The highest BCUT2D eigenvalue weighted by atomic mass is 32.2. The number of hydrogen-bond acceptors (Lipinski definition) is 4. The molecule has 0 unspecified atom stereocenters. The van der Waals surface area contributed by atoms with E-state index in [2.05, 4.69) is 5.32 Å². The number of amides is 1. The molecule has 1 heterocycles. The minimum absolute atomic E-state index is 0.115. The Hall–Kier alpha value is -2.64. The van der Waals surface area contributed by atoms with Crippen molar-refractivity contribution in [1.29, 1.82) is 0 Å². The maximum absolute atomic E-state index is 12.9. The molecule has 2 aromatic carbocycles. The van der Waals surface area contributed by atoms with Crippen molar-refractivity contribution in [2.75, 3.05) is 16.7 Å². The Kier molecular flexibility index (Phi) is 5.11. The van der Waals surface area contributed by atoms with E-state index in [4.69, 9.17) is 0 Å². The van der Waals surface area contributed by atoms with Crippen molar-refractivity contribution < 1.29 is 13.2 Å². The lowest BCUT2D eigenvalue weighted by atomic mass is 10.3. The largest absolute Gasteiger partial charge is 0.321 e. The maximum Gasteiger partial charge on any atom is 0.265 e. The Bertz CT molecular complexity index is 1030. The number of hydrogen-bond donors (Lipinski definition) is 1. The Morgan fingerprint density at radius 2 is 1.73 bits per heavy atom. The lowest BCUT2D eigenvalue weighted by molar-refractivity contribution is 0.103. The van der Waals surface area contributed by atoms with Crippen LogP contribution in [0.2, 0.25) is 0 Å². The lowest BCUT2D eigenvalue weighted by Gasteiger charge is -2.19. The zero-order chi connectivity index (χ0) is 18.7. The summed E-state index contributed by atoms with van der Waals surface area (Å²) in [6, 6.07) is 18.7. The highest BCUT2D eigenvalue weighted by Crippen LogP contribution is 2.24. The molecular weight excluding hydrogens is 368 g/mol. The van der Waals surface area contributed by atoms with Gasteiger partial charge in [-0.15, -0.1) is 11.3 Å². The molecule has 0 radical (unpaired) electrons. The summed E-state index contributed by atoms with van der Waals surface area (Å²) in [5.74, 6) is -0.255. The molecule has 0 aliphatic heterocycles. The van der Waals surface area contributed by atoms with E-state index in [0.717, 1.165) is 4.88 Å². The van der Waals surface area contributed by atoms with Crippen molar-refractivity contribution >= 4 is 38.6 Å². The summed E-state index contributed by atoms with van der Waals surface area (Å²) in [6.45, 7) is 1.92. The molecule has 7 heteroatoms. The van der Waals surface area contributed by atoms with E-state index in [1.807, 2.05) is 19.1 Å². The van der Waals surface area contributed by atoms with Gasteiger partial charge in [0.15, 0.2) is 0 Å². The number of rotatable bonds is 5. The van der Waals surface area contributed by atoms with E-state index >= 15 is 0 Å².